The summed E-state index contributed by atoms with van der Waals surface area (Å²) in [6, 6.07) is 4.82. The van der Waals surface area contributed by atoms with E-state index in [1.54, 1.807) is 12.1 Å². The average molecular weight is 208 g/mol. The first kappa shape index (κ1) is 11.7. The molecule has 0 spiro atoms. The maximum atomic E-state index is 11.1. The Morgan fingerprint density at radius 1 is 1.47 bits per heavy atom. The highest BCUT2D eigenvalue weighted by atomic mass is 16.5. The lowest BCUT2D eigenvalue weighted by molar-refractivity contribution is 0.101. The van der Waals surface area contributed by atoms with Crippen LogP contribution in [0.15, 0.2) is 18.2 Å². The summed E-state index contributed by atoms with van der Waals surface area (Å²) in [7, 11) is 0. The number of rotatable bonds is 5. The van der Waals surface area contributed by atoms with Crippen molar-refractivity contribution in [3.8, 4) is 5.75 Å². The number of Topliss-reactive ketones (excluding diaryl/α,β-unsaturated/α-hetero) is 1. The van der Waals surface area contributed by atoms with Gasteiger partial charge in [0.05, 0.1) is 6.61 Å². The number of carbonyl (C=O) groups is 1. The van der Waals surface area contributed by atoms with Crippen LogP contribution in [0.1, 0.15) is 36.2 Å². The molecule has 1 aromatic rings. The van der Waals surface area contributed by atoms with Crippen LogP contribution in [0.5, 0.6) is 5.75 Å². The number of aromatic hydroxyl groups is 1. The third-order valence-corrected chi connectivity index (χ3v) is 2.09. The minimum atomic E-state index is -0.00765. The van der Waals surface area contributed by atoms with E-state index in [1.807, 2.05) is 6.92 Å². The number of ketones is 1. The Kier molecular flexibility index (Phi) is 4.31. The first-order chi connectivity index (χ1) is 7.15. The lowest BCUT2D eigenvalue weighted by Gasteiger charge is -2.06. The average Bonchev–Trinajstić information content (AvgIpc) is 2.20. The van der Waals surface area contributed by atoms with Gasteiger partial charge in [-0.1, -0.05) is 6.92 Å². The van der Waals surface area contributed by atoms with Crippen molar-refractivity contribution >= 4 is 5.78 Å². The topological polar surface area (TPSA) is 46.5 Å². The van der Waals surface area contributed by atoms with Gasteiger partial charge >= 0.3 is 0 Å². The Hall–Kier alpha value is -1.35. The van der Waals surface area contributed by atoms with Crippen LogP contribution in [0.2, 0.25) is 0 Å². The number of carbonyl (C=O) groups excluding carboxylic acids is 1. The summed E-state index contributed by atoms with van der Waals surface area (Å²) in [5, 5.41) is 9.52. The van der Waals surface area contributed by atoms with Gasteiger partial charge in [-0.05, 0) is 31.5 Å². The van der Waals surface area contributed by atoms with Crippen LogP contribution in [0.25, 0.3) is 0 Å². The number of ether oxygens (including phenoxy) is 1. The highest BCUT2D eigenvalue weighted by Crippen LogP contribution is 2.19. The second kappa shape index (κ2) is 5.51. The maximum Gasteiger partial charge on any atom is 0.159 e. The van der Waals surface area contributed by atoms with Crippen LogP contribution in [0, 0.1) is 0 Å². The summed E-state index contributed by atoms with van der Waals surface area (Å²) in [5.74, 6) is 0.169. The number of phenolic OH excluding ortho intramolecular Hbond substituents is 1. The molecule has 3 nitrogen and oxygen atoms in total. The van der Waals surface area contributed by atoms with Gasteiger partial charge in [0, 0.05) is 17.7 Å². The zero-order chi connectivity index (χ0) is 11.3. The summed E-state index contributed by atoms with van der Waals surface area (Å²) in [4.78, 5) is 11.1. The molecule has 0 radical (unpaired) electrons. The van der Waals surface area contributed by atoms with Gasteiger partial charge in [0.2, 0.25) is 0 Å². The monoisotopic (exact) mass is 208 g/mol. The van der Waals surface area contributed by atoms with Crippen molar-refractivity contribution in [2.45, 2.75) is 26.9 Å². The number of benzene rings is 1. The zero-order valence-corrected chi connectivity index (χ0v) is 9.12. The molecule has 15 heavy (non-hydrogen) atoms. The number of phenols is 1. The Morgan fingerprint density at radius 3 is 2.80 bits per heavy atom. The highest BCUT2D eigenvalue weighted by Gasteiger charge is 2.05. The highest BCUT2D eigenvalue weighted by molar-refractivity contribution is 5.94. The van der Waals surface area contributed by atoms with Crippen molar-refractivity contribution < 1.29 is 14.6 Å². The summed E-state index contributed by atoms with van der Waals surface area (Å²) < 4.78 is 5.31. The van der Waals surface area contributed by atoms with Crippen molar-refractivity contribution in [1.82, 2.24) is 0 Å². The van der Waals surface area contributed by atoms with Crippen molar-refractivity contribution in [1.29, 1.82) is 0 Å². The van der Waals surface area contributed by atoms with Crippen molar-refractivity contribution in [3.05, 3.63) is 29.3 Å². The van der Waals surface area contributed by atoms with Crippen LogP contribution < -0.4 is 0 Å². The van der Waals surface area contributed by atoms with Gasteiger partial charge in [0.25, 0.3) is 0 Å². The first-order valence-electron chi connectivity index (χ1n) is 5.05. The molecular weight excluding hydrogens is 192 g/mol. The normalized spacial score (nSPS) is 10.3. The second-order valence-electron chi connectivity index (χ2n) is 3.45. The smallest absolute Gasteiger partial charge is 0.159 e. The molecule has 0 unspecified atom stereocenters. The molecule has 0 aliphatic rings. The van der Waals surface area contributed by atoms with Crippen LogP contribution >= 0.6 is 0 Å². The van der Waals surface area contributed by atoms with Crippen LogP contribution in [-0.4, -0.2) is 17.5 Å². The minimum Gasteiger partial charge on any atom is -0.508 e. The minimum absolute atomic E-state index is 0.00765. The van der Waals surface area contributed by atoms with Gasteiger partial charge in [-0.25, -0.2) is 0 Å². The van der Waals surface area contributed by atoms with Gasteiger partial charge in [-0.15, -0.1) is 0 Å². The Morgan fingerprint density at radius 2 is 2.20 bits per heavy atom. The molecule has 0 aliphatic heterocycles. The summed E-state index contributed by atoms with van der Waals surface area (Å²) in [6.07, 6.45) is 0.938. The predicted molar refractivity (Wildman–Crippen MR) is 58.1 cm³/mol. The summed E-state index contributed by atoms with van der Waals surface area (Å²) in [5.41, 5.74) is 1.26. The molecule has 0 atom stereocenters. The molecule has 0 saturated carbocycles. The van der Waals surface area contributed by atoms with Gasteiger partial charge in [-0.2, -0.15) is 0 Å². The van der Waals surface area contributed by atoms with E-state index in [1.165, 1.54) is 13.0 Å². The molecule has 0 amide bonds. The first-order valence-corrected chi connectivity index (χ1v) is 5.05. The zero-order valence-electron chi connectivity index (χ0n) is 9.12. The van der Waals surface area contributed by atoms with E-state index in [4.69, 9.17) is 4.74 Å². The van der Waals surface area contributed by atoms with E-state index >= 15 is 0 Å². The lowest BCUT2D eigenvalue weighted by Crippen LogP contribution is -1.98. The number of hydrogen-bond donors (Lipinski definition) is 1. The van der Waals surface area contributed by atoms with Crippen LogP contribution in [-0.2, 0) is 11.3 Å². The molecule has 1 rings (SSSR count). The van der Waals surface area contributed by atoms with E-state index in [0.29, 0.717) is 24.3 Å². The van der Waals surface area contributed by atoms with E-state index in [0.717, 1.165) is 6.42 Å². The van der Waals surface area contributed by atoms with Gasteiger partial charge in [0.15, 0.2) is 5.78 Å². The number of hydrogen-bond acceptors (Lipinski definition) is 3. The van der Waals surface area contributed by atoms with Crippen LogP contribution in [0.4, 0.5) is 0 Å². The second-order valence-corrected chi connectivity index (χ2v) is 3.45. The van der Waals surface area contributed by atoms with Crippen molar-refractivity contribution in [2.24, 2.45) is 0 Å². The largest absolute Gasteiger partial charge is 0.508 e. The van der Waals surface area contributed by atoms with E-state index in [-0.39, 0.29) is 11.5 Å². The summed E-state index contributed by atoms with van der Waals surface area (Å²) >= 11 is 0. The predicted octanol–water partition coefficient (Wildman–Crippen LogP) is 2.52. The molecule has 0 aliphatic carbocycles. The Balaban J connectivity index is 2.76. The fourth-order valence-corrected chi connectivity index (χ4v) is 1.25. The lowest BCUT2D eigenvalue weighted by atomic mass is 10.1. The fraction of sp³-hybridized carbons (Fsp3) is 0.417. The standard InChI is InChI=1S/C12H16O3/c1-3-6-15-8-11-7-10(9(2)13)4-5-12(11)14/h4-5,7,14H,3,6,8H2,1-2H3. The SMILES string of the molecule is CCCOCc1cc(C(C)=O)ccc1O. The third kappa shape index (κ3) is 3.36. The molecule has 0 heterocycles. The molecule has 1 aromatic carbocycles. The van der Waals surface area contributed by atoms with E-state index in [2.05, 4.69) is 0 Å². The molecule has 3 heteroatoms. The van der Waals surface area contributed by atoms with Gasteiger partial charge < -0.3 is 9.84 Å². The third-order valence-electron chi connectivity index (χ3n) is 2.09. The quantitative estimate of drug-likeness (QED) is 0.597. The van der Waals surface area contributed by atoms with Crippen molar-refractivity contribution in [2.75, 3.05) is 6.61 Å². The fourth-order valence-electron chi connectivity index (χ4n) is 1.25. The Bertz CT molecular complexity index is 345. The van der Waals surface area contributed by atoms with E-state index < -0.39 is 0 Å². The van der Waals surface area contributed by atoms with Crippen molar-refractivity contribution in [3.63, 3.8) is 0 Å². The van der Waals surface area contributed by atoms with Gasteiger partial charge in [-0.3, -0.25) is 4.79 Å². The molecule has 1 N–H and O–H groups in total. The molecular formula is C12H16O3. The van der Waals surface area contributed by atoms with Gasteiger partial charge in [0.1, 0.15) is 5.75 Å². The van der Waals surface area contributed by atoms with E-state index in [9.17, 15) is 9.90 Å². The summed E-state index contributed by atoms with van der Waals surface area (Å²) in [6.45, 7) is 4.53. The maximum absolute atomic E-state index is 11.1. The molecule has 0 bridgehead atoms. The molecule has 0 aromatic heterocycles. The Labute approximate surface area is 89.7 Å². The van der Waals surface area contributed by atoms with Crippen LogP contribution in [0.3, 0.4) is 0 Å². The molecule has 82 valence electrons. The molecule has 0 saturated heterocycles. The molecule has 0 fully saturated rings.